The third-order valence-corrected chi connectivity index (χ3v) is 2.27. The Balaban J connectivity index is 2.69. The molecule has 74 valence electrons. The average Bonchev–Trinajstić information content (AvgIpc) is 2.11. The summed E-state index contributed by atoms with van der Waals surface area (Å²) in [5.74, 6) is 6.12. The maximum Gasteiger partial charge on any atom is 0.0429 e. The summed E-state index contributed by atoms with van der Waals surface area (Å²) in [7, 11) is 1.91. The van der Waals surface area contributed by atoms with Crippen molar-refractivity contribution >= 4 is 27.5 Å². The Bertz CT molecular complexity index is 345. The van der Waals surface area contributed by atoms with Gasteiger partial charge < -0.3 is 5.32 Å². The lowest BCUT2D eigenvalue weighted by molar-refractivity contribution is 0.818. The molecule has 0 amide bonds. The quantitative estimate of drug-likeness (QED) is 0.644. The van der Waals surface area contributed by atoms with Crippen LogP contribution in [0, 0.1) is 11.8 Å². The zero-order valence-electron chi connectivity index (χ0n) is 7.90. The highest BCUT2D eigenvalue weighted by molar-refractivity contribution is 9.10. The van der Waals surface area contributed by atoms with Gasteiger partial charge in [0, 0.05) is 28.0 Å². The molecule has 0 bridgehead atoms. The Morgan fingerprint density at radius 1 is 1.43 bits per heavy atom. The molecule has 3 heteroatoms. The summed E-state index contributed by atoms with van der Waals surface area (Å²) in [6, 6.07) is 5.66. The molecule has 1 nitrogen and oxygen atoms in total. The first-order valence-corrected chi connectivity index (χ1v) is 5.49. The fourth-order valence-corrected chi connectivity index (χ4v) is 1.84. The lowest BCUT2D eigenvalue weighted by Crippen LogP contribution is -2.05. The second-order valence-corrected chi connectivity index (χ2v) is 4.17. The van der Waals surface area contributed by atoms with Crippen molar-refractivity contribution in [3.05, 3.63) is 33.3 Å². The van der Waals surface area contributed by atoms with Gasteiger partial charge in [-0.2, -0.15) is 0 Å². The first kappa shape index (κ1) is 11.6. The van der Waals surface area contributed by atoms with Crippen molar-refractivity contribution in [2.24, 2.45) is 0 Å². The van der Waals surface area contributed by atoms with Crippen LogP contribution in [0.15, 0.2) is 22.7 Å². The van der Waals surface area contributed by atoms with Crippen LogP contribution in [0.3, 0.4) is 0 Å². The molecule has 0 aromatic heterocycles. The van der Waals surface area contributed by atoms with Gasteiger partial charge in [0.15, 0.2) is 0 Å². The largest absolute Gasteiger partial charge is 0.319 e. The topological polar surface area (TPSA) is 12.0 Å². The molecule has 1 aromatic carbocycles. The highest BCUT2D eigenvalue weighted by atomic mass is 79.9. The van der Waals surface area contributed by atoms with Gasteiger partial charge in [0.2, 0.25) is 0 Å². The van der Waals surface area contributed by atoms with Crippen LogP contribution in [0.2, 0.25) is 5.02 Å². The minimum atomic E-state index is 0.706. The third kappa shape index (κ3) is 4.15. The fraction of sp³-hybridized carbons (Fsp3) is 0.273. The van der Waals surface area contributed by atoms with Gasteiger partial charge in [0.25, 0.3) is 0 Å². The monoisotopic (exact) mass is 271 g/mol. The molecule has 0 atom stereocenters. The number of halogens is 2. The van der Waals surface area contributed by atoms with Crippen LogP contribution in [0.25, 0.3) is 0 Å². The van der Waals surface area contributed by atoms with Crippen molar-refractivity contribution in [3.63, 3.8) is 0 Å². The Morgan fingerprint density at radius 3 is 2.86 bits per heavy atom. The van der Waals surface area contributed by atoms with Crippen LogP contribution >= 0.6 is 27.5 Å². The van der Waals surface area contributed by atoms with E-state index < -0.39 is 0 Å². The zero-order chi connectivity index (χ0) is 10.4. The molecule has 0 aliphatic carbocycles. The molecule has 0 spiro atoms. The summed E-state index contributed by atoms with van der Waals surface area (Å²) < 4.78 is 0.961. The van der Waals surface area contributed by atoms with E-state index in [1.165, 1.54) is 0 Å². The predicted octanol–water partition coefficient (Wildman–Crippen LogP) is 3.06. The van der Waals surface area contributed by atoms with Crippen LogP contribution in [0.4, 0.5) is 0 Å². The van der Waals surface area contributed by atoms with E-state index in [1.54, 1.807) is 0 Å². The summed E-state index contributed by atoms with van der Waals surface area (Å²) >= 11 is 9.25. The third-order valence-electron chi connectivity index (χ3n) is 1.60. The predicted molar refractivity (Wildman–Crippen MR) is 64.6 cm³/mol. The lowest BCUT2D eigenvalue weighted by Gasteiger charge is -1.94. The molecule has 0 aliphatic heterocycles. The van der Waals surface area contributed by atoms with E-state index >= 15 is 0 Å². The van der Waals surface area contributed by atoms with E-state index in [9.17, 15) is 0 Å². The van der Waals surface area contributed by atoms with Crippen LogP contribution in [0.1, 0.15) is 12.0 Å². The fourth-order valence-electron chi connectivity index (χ4n) is 0.978. The van der Waals surface area contributed by atoms with E-state index in [2.05, 4.69) is 33.1 Å². The number of benzene rings is 1. The number of hydrogen-bond donors (Lipinski definition) is 1. The van der Waals surface area contributed by atoms with E-state index in [0.717, 1.165) is 23.0 Å². The second-order valence-electron chi connectivity index (χ2n) is 2.81. The van der Waals surface area contributed by atoms with Gasteiger partial charge in [-0.05, 0) is 25.2 Å². The van der Waals surface area contributed by atoms with Crippen LogP contribution in [-0.2, 0) is 0 Å². The molecule has 0 aliphatic rings. The highest BCUT2D eigenvalue weighted by Gasteiger charge is 1.93. The van der Waals surface area contributed by atoms with E-state index in [1.807, 2.05) is 25.2 Å². The summed E-state index contributed by atoms with van der Waals surface area (Å²) in [6.07, 6.45) is 0.848. The number of hydrogen-bond acceptors (Lipinski definition) is 1. The van der Waals surface area contributed by atoms with E-state index in [4.69, 9.17) is 11.6 Å². The van der Waals surface area contributed by atoms with Crippen LogP contribution < -0.4 is 5.32 Å². The minimum Gasteiger partial charge on any atom is -0.319 e. The molecule has 0 unspecified atom stereocenters. The normalized spacial score (nSPS) is 9.36. The van der Waals surface area contributed by atoms with Crippen molar-refractivity contribution in [2.45, 2.75) is 6.42 Å². The Morgan fingerprint density at radius 2 is 2.21 bits per heavy atom. The van der Waals surface area contributed by atoms with Crippen LogP contribution in [0.5, 0.6) is 0 Å². The van der Waals surface area contributed by atoms with Crippen molar-refractivity contribution in [2.75, 3.05) is 13.6 Å². The molecule has 0 heterocycles. The van der Waals surface area contributed by atoms with Crippen molar-refractivity contribution in [1.29, 1.82) is 0 Å². The standard InChI is InChI=1S/C11H11BrClN/c1-14-5-3-2-4-9-6-10(12)8-11(13)7-9/h6-8,14H,3,5H2,1H3. The van der Waals surface area contributed by atoms with Gasteiger partial charge in [0.05, 0.1) is 0 Å². The Hall–Kier alpha value is -0.490. The molecular formula is C11H11BrClN. The van der Waals surface area contributed by atoms with Gasteiger partial charge >= 0.3 is 0 Å². The summed E-state index contributed by atoms with van der Waals surface area (Å²) in [5, 5.41) is 3.74. The minimum absolute atomic E-state index is 0.706. The van der Waals surface area contributed by atoms with Crippen molar-refractivity contribution in [1.82, 2.24) is 5.32 Å². The SMILES string of the molecule is CNCCC#Cc1cc(Cl)cc(Br)c1. The van der Waals surface area contributed by atoms with Gasteiger partial charge in [-0.15, -0.1) is 0 Å². The van der Waals surface area contributed by atoms with Gasteiger partial charge in [0.1, 0.15) is 0 Å². The first-order chi connectivity index (χ1) is 6.72. The Kier molecular flexibility index (Phi) is 5.03. The summed E-state index contributed by atoms with van der Waals surface area (Å²) in [4.78, 5) is 0. The van der Waals surface area contributed by atoms with E-state index in [0.29, 0.717) is 5.02 Å². The smallest absolute Gasteiger partial charge is 0.0429 e. The van der Waals surface area contributed by atoms with E-state index in [-0.39, 0.29) is 0 Å². The highest BCUT2D eigenvalue weighted by Crippen LogP contribution is 2.18. The number of nitrogens with one attached hydrogen (secondary N) is 1. The molecular weight excluding hydrogens is 261 g/mol. The second kappa shape index (κ2) is 6.08. The maximum atomic E-state index is 5.88. The maximum absolute atomic E-state index is 5.88. The van der Waals surface area contributed by atoms with Crippen molar-refractivity contribution < 1.29 is 0 Å². The molecule has 0 radical (unpaired) electrons. The molecule has 0 saturated heterocycles. The summed E-state index contributed by atoms with van der Waals surface area (Å²) in [6.45, 7) is 0.911. The first-order valence-electron chi connectivity index (χ1n) is 4.32. The van der Waals surface area contributed by atoms with Crippen LogP contribution in [-0.4, -0.2) is 13.6 Å². The average molecular weight is 273 g/mol. The van der Waals surface area contributed by atoms with Gasteiger partial charge in [-0.1, -0.05) is 39.4 Å². The van der Waals surface area contributed by atoms with Crippen molar-refractivity contribution in [3.8, 4) is 11.8 Å². The summed E-state index contributed by atoms with van der Waals surface area (Å²) in [5.41, 5.74) is 0.945. The van der Waals surface area contributed by atoms with Gasteiger partial charge in [-0.25, -0.2) is 0 Å². The molecule has 1 N–H and O–H groups in total. The lowest BCUT2D eigenvalue weighted by atomic mass is 10.2. The molecule has 1 rings (SSSR count). The molecule has 0 saturated carbocycles. The molecule has 14 heavy (non-hydrogen) atoms. The number of rotatable bonds is 2. The molecule has 1 aromatic rings. The Labute approximate surface area is 98.0 Å². The zero-order valence-corrected chi connectivity index (χ0v) is 10.2. The van der Waals surface area contributed by atoms with Gasteiger partial charge in [-0.3, -0.25) is 0 Å². The molecule has 0 fully saturated rings.